The molecular weight excluding hydrogens is 373 g/mol. The van der Waals surface area contributed by atoms with Crippen molar-refractivity contribution in [2.75, 3.05) is 0 Å². The van der Waals surface area contributed by atoms with Crippen molar-refractivity contribution in [1.29, 1.82) is 0 Å². The van der Waals surface area contributed by atoms with Gasteiger partial charge in [0.1, 0.15) is 5.82 Å². The molecule has 0 radical (unpaired) electrons. The summed E-state index contributed by atoms with van der Waals surface area (Å²) in [6.45, 7) is 8.04. The molecule has 3 N–H and O–H groups in total. The third kappa shape index (κ3) is 3.55. The largest absolute Gasteiger partial charge is 0.412 e. The number of carbonyl (C=O) groups is 2. The van der Waals surface area contributed by atoms with Gasteiger partial charge in [0.2, 0.25) is 0 Å². The van der Waals surface area contributed by atoms with Crippen LogP contribution in [0.2, 0.25) is 0 Å². The van der Waals surface area contributed by atoms with Crippen molar-refractivity contribution in [3.05, 3.63) is 58.2 Å². The van der Waals surface area contributed by atoms with Crippen LogP contribution in [0.15, 0.2) is 46.8 Å². The predicted octanol–water partition coefficient (Wildman–Crippen LogP) is 4.08. The van der Waals surface area contributed by atoms with Crippen LogP contribution in [-0.2, 0) is 9.59 Å². The molecule has 2 aliphatic carbocycles. The Balaban J connectivity index is 0.00000240. The van der Waals surface area contributed by atoms with Crippen LogP contribution < -0.4 is 0 Å². The second-order valence-corrected chi connectivity index (χ2v) is 9.90. The summed E-state index contributed by atoms with van der Waals surface area (Å²) >= 11 is 0. The highest BCUT2D eigenvalue weighted by Gasteiger charge is 2.48. The lowest BCUT2D eigenvalue weighted by atomic mass is 9.64. The predicted molar refractivity (Wildman–Crippen MR) is 106 cm³/mol. The van der Waals surface area contributed by atoms with Crippen molar-refractivity contribution in [3.8, 4) is 0 Å². The molecule has 1 aromatic rings. The van der Waals surface area contributed by atoms with E-state index in [1.807, 2.05) is 27.7 Å². The summed E-state index contributed by atoms with van der Waals surface area (Å²) in [5.74, 6) is -1.01. The lowest BCUT2D eigenvalue weighted by molar-refractivity contribution is -0.123. The van der Waals surface area contributed by atoms with E-state index in [4.69, 9.17) is 0 Å². The average molecular weight is 401 g/mol. The zero-order chi connectivity index (χ0) is 20.4. The van der Waals surface area contributed by atoms with Gasteiger partial charge in [-0.2, -0.15) is 0 Å². The van der Waals surface area contributed by atoms with Crippen molar-refractivity contribution >= 4 is 11.6 Å². The van der Waals surface area contributed by atoms with Crippen LogP contribution in [0.3, 0.4) is 0 Å². The Bertz CT molecular complexity index is 886. The number of benzene rings is 1. The van der Waals surface area contributed by atoms with Crippen LogP contribution in [0, 0.1) is 16.6 Å². The molecule has 4 rings (SSSR count). The minimum atomic E-state index is -0.541. The molecule has 6 heteroatoms. The van der Waals surface area contributed by atoms with E-state index in [0.29, 0.717) is 48.2 Å². The molecule has 0 aromatic heterocycles. The molecule has 0 saturated heterocycles. The second kappa shape index (κ2) is 6.89. The number of hydroxylamine groups is 2. The Morgan fingerprint density at radius 1 is 0.862 bits per heavy atom. The van der Waals surface area contributed by atoms with E-state index in [-0.39, 0.29) is 33.7 Å². The molecule has 29 heavy (non-hydrogen) atoms. The summed E-state index contributed by atoms with van der Waals surface area (Å²) in [7, 11) is 0. The summed E-state index contributed by atoms with van der Waals surface area (Å²) in [4.78, 5) is 26.3. The number of carbonyl (C=O) groups excluding carboxylic acids is 2. The van der Waals surface area contributed by atoms with Gasteiger partial charge >= 0.3 is 0 Å². The zero-order valence-electron chi connectivity index (χ0n) is 17.3. The van der Waals surface area contributed by atoms with Gasteiger partial charge in [-0.05, 0) is 41.4 Å². The summed E-state index contributed by atoms with van der Waals surface area (Å²) in [6.07, 6.45) is 1.82. The Morgan fingerprint density at radius 3 is 1.69 bits per heavy atom. The third-order valence-electron chi connectivity index (χ3n) is 6.08. The number of ketones is 2. The molecule has 1 heterocycles. The van der Waals surface area contributed by atoms with Gasteiger partial charge in [-0.15, -0.1) is 0 Å². The molecule has 0 saturated carbocycles. The molecule has 3 aliphatic rings. The first-order chi connectivity index (χ1) is 13.0. The van der Waals surface area contributed by atoms with Crippen molar-refractivity contribution < 1.29 is 24.7 Å². The number of allylic oxidation sites excluding steroid dienone is 4. The fourth-order valence-electron chi connectivity index (χ4n) is 4.93. The third-order valence-corrected chi connectivity index (χ3v) is 6.08. The maximum Gasteiger partial charge on any atom is 0.162 e. The smallest absolute Gasteiger partial charge is 0.162 e. The minimum absolute atomic E-state index is 0. The first-order valence-electron chi connectivity index (χ1n) is 9.76. The molecular formula is C23H28FNO4. The van der Waals surface area contributed by atoms with Gasteiger partial charge in [0.15, 0.2) is 11.6 Å². The zero-order valence-corrected chi connectivity index (χ0v) is 17.3. The standard InChI is InChI=1S/C23H26FNO3.H2O/c1-22(2)9-15-20(17(26)11-22)19(13-5-7-14(24)8-6-13)21-16(25(15)28)10-23(3,4)12-18(21)27;/h5-8,19,28H,9-12H2,1-4H3;1H2. The Morgan fingerprint density at radius 2 is 1.28 bits per heavy atom. The molecule has 0 bridgehead atoms. The summed E-state index contributed by atoms with van der Waals surface area (Å²) in [6, 6.07) is 6.00. The van der Waals surface area contributed by atoms with Crippen molar-refractivity contribution in [2.24, 2.45) is 10.8 Å². The van der Waals surface area contributed by atoms with Crippen LogP contribution in [0.25, 0.3) is 0 Å². The van der Waals surface area contributed by atoms with Crippen molar-refractivity contribution in [1.82, 2.24) is 5.06 Å². The summed E-state index contributed by atoms with van der Waals surface area (Å²) in [5, 5.41) is 12.2. The van der Waals surface area contributed by atoms with E-state index in [0.717, 1.165) is 10.6 Å². The van der Waals surface area contributed by atoms with Gasteiger partial charge in [0.25, 0.3) is 0 Å². The lowest BCUT2D eigenvalue weighted by Gasteiger charge is -2.46. The van der Waals surface area contributed by atoms with Gasteiger partial charge in [0, 0.05) is 29.9 Å². The fourth-order valence-corrected chi connectivity index (χ4v) is 4.93. The van der Waals surface area contributed by atoms with Crippen LogP contribution in [0.5, 0.6) is 0 Å². The number of hydrogen-bond acceptors (Lipinski definition) is 4. The highest BCUT2D eigenvalue weighted by Crippen LogP contribution is 2.53. The van der Waals surface area contributed by atoms with E-state index < -0.39 is 5.92 Å². The fraction of sp³-hybridized carbons (Fsp3) is 0.478. The van der Waals surface area contributed by atoms with Gasteiger partial charge in [-0.25, -0.2) is 9.45 Å². The Labute approximate surface area is 170 Å². The van der Waals surface area contributed by atoms with E-state index in [1.54, 1.807) is 12.1 Å². The first kappa shape index (κ1) is 21.4. The van der Waals surface area contributed by atoms with E-state index in [1.165, 1.54) is 12.1 Å². The molecule has 5 nitrogen and oxygen atoms in total. The lowest BCUT2D eigenvalue weighted by Crippen LogP contribution is -2.43. The highest BCUT2D eigenvalue weighted by molar-refractivity contribution is 6.06. The number of nitrogens with zero attached hydrogens (tertiary/aromatic N) is 1. The maximum atomic E-state index is 13.5. The van der Waals surface area contributed by atoms with E-state index >= 15 is 0 Å². The van der Waals surface area contributed by atoms with E-state index in [2.05, 4.69) is 0 Å². The molecule has 0 unspecified atom stereocenters. The maximum absolute atomic E-state index is 13.5. The van der Waals surface area contributed by atoms with Crippen LogP contribution in [-0.4, -0.2) is 27.3 Å². The minimum Gasteiger partial charge on any atom is -0.412 e. The molecule has 0 amide bonds. The number of hydrogen-bond donors (Lipinski definition) is 1. The van der Waals surface area contributed by atoms with Crippen molar-refractivity contribution in [3.63, 3.8) is 0 Å². The van der Waals surface area contributed by atoms with E-state index in [9.17, 15) is 19.2 Å². The topological polar surface area (TPSA) is 89.1 Å². The van der Waals surface area contributed by atoms with Crippen LogP contribution in [0.1, 0.15) is 64.9 Å². The molecule has 156 valence electrons. The van der Waals surface area contributed by atoms with Crippen LogP contribution >= 0.6 is 0 Å². The summed E-state index contributed by atoms with van der Waals surface area (Å²) in [5.41, 5.74) is 2.32. The highest BCUT2D eigenvalue weighted by atomic mass is 19.1. The molecule has 0 spiro atoms. The molecule has 1 aliphatic heterocycles. The van der Waals surface area contributed by atoms with Gasteiger partial charge in [0.05, 0.1) is 11.4 Å². The quantitative estimate of drug-likeness (QED) is 0.768. The van der Waals surface area contributed by atoms with Crippen LogP contribution in [0.4, 0.5) is 4.39 Å². The summed E-state index contributed by atoms with van der Waals surface area (Å²) < 4.78 is 13.5. The van der Waals surface area contributed by atoms with Gasteiger partial charge < -0.3 is 5.48 Å². The Hall–Kier alpha value is -2.31. The number of Topliss-reactive ketones (excluding diaryl/α,β-unsaturated/α-hetero) is 2. The van der Waals surface area contributed by atoms with Crippen molar-refractivity contribution in [2.45, 2.75) is 59.3 Å². The van der Waals surface area contributed by atoms with Gasteiger partial charge in [-0.1, -0.05) is 39.8 Å². The number of rotatable bonds is 1. The normalized spacial score (nSPS) is 23.6. The number of halogens is 1. The first-order valence-corrected chi connectivity index (χ1v) is 9.76. The average Bonchev–Trinajstić information content (AvgIpc) is 2.56. The monoisotopic (exact) mass is 401 g/mol. The molecule has 1 aromatic carbocycles. The SMILES string of the molecule is CC1(C)CC(=O)C2=C(C1)N(O)C1=C(C(=O)CC(C)(C)C1)C2c1ccc(F)cc1.O. The Kier molecular flexibility index (Phi) is 5.08. The molecule has 0 fully saturated rings. The molecule has 0 atom stereocenters. The van der Waals surface area contributed by atoms with Gasteiger partial charge in [-0.3, -0.25) is 14.8 Å². The second-order valence-electron chi connectivity index (χ2n) is 9.90.